The normalized spacial score (nSPS) is 17.4. The van der Waals surface area contributed by atoms with E-state index in [-0.39, 0.29) is 5.54 Å². The van der Waals surface area contributed by atoms with Gasteiger partial charge in [-0.1, -0.05) is 6.07 Å². The standard InChI is InChI=1S/C16H24BrNOS/c1-16(2,3)18-11-12-4-5-15(14(17)10-12)20-13-6-8-19-9-7-13/h4-5,10,13,18H,6-9,11H2,1-3H3. The number of ether oxygens (including phenoxy) is 1. The molecule has 112 valence electrons. The van der Waals surface area contributed by atoms with E-state index < -0.39 is 0 Å². The van der Waals surface area contributed by atoms with Crippen LogP contribution < -0.4 is 5.32 Å². The highest BCUT2D eigenvalue weighted by Gasteiger charge is 2.16. The largest absolute Gasteiger partial charge is 0.381 e. The van der Waals surface area contributed by atoms with Crippen molar-refractivity contribution in [2.45, 2.75) is 55.8 Å². The molecular formula is C16H24BrNOS. The SMILES string of the molecule is CC(C)(C)NCc1ccc(SC2CCOCC2)c(Br)c1. The Balaban J connectivity index is 1.94. The van der Waals surface area contributed by atoms with E-state index in [9.17, 15) is 0 Å². The van der Waals surface area contributed by atoms with Gasteiger partial charge in [0.05, 0.1) is 0 Å². The van der Waals surface area contributed by atoms with Crippen molar-refractivity contribution in [3.63, 3.8) is 0 Å². The predicted octanol–water partition coefficient (Wildman–Crippen LogP) is 4.61. The summed E-state index contributed by atoms with van der Waals surface area (Å²) in [6.07, 6.45) is 2.31. The molecule has 0 spiro atoms. The summed E-state index contributed by atoms with van der Waals surface area (Å²) in [6, 6.07) is 6.70. The third kappa shape index (κ3) is 5.40. The molecule has 0 saturated carbocycles. The molecule has 4 heteroatoms. The molecule has 0 aromatic heterocycles. The molecule has 1 aromatic carbocycles. The quantitative estimate of drug-likeness (QED) is 0.849. The van der Waals surface area contributed by atoms with Gasteiger partial charge >= 0.3 is 0 Å². The molecule has 1 fully saturated rings. The first-order valence-corrected chi connectivity index (χ1v) is 8.89. The molecule has 0 unspecified atom stereocenters. The molecule has 1 heterocycles. The van der Waals surface area contributed by atoms with Crippen LogP contribution in [-0.2, 0) is 11.3 Å². The molecule has 1 aromatic rings. The van der Waals surface area contributed by atoms with E-state index in [1.165, 1.54) is 14.9 Å². The Hall–Kier alpha value is -0.0300. The Bertz CT molecular complexity index is 439. The molecule has 1 aliphatic heterocycles. The smallest absolute Gasteiger partial charge is 0.0476 e. The summed E-state index contributed by atoms with van der Waals surface area (Å²) in [4.78, 5) is 1.34. The van der Waals surface area contributed by atoms with Crippen LogP contribution in [0.1, 0.15) is 39.2 Å². The lowest BCUT2D eigenvalue weighted by molar-refractivity contribution is 0.100. The highest BCUT2D eigenvalue weighted by molar-refractivity contribution is 9.10. The maximum atomic E-state index is 5.42. The van der Waals surface area contributed by atoms with Crippen molar-refractivity contribution in [2.24, 2.45) is 0 Å². The van der Waals surface area contributed by atoms with Crippen molar-refractivity contribution in [2.75, 3.05) is 13.2 Å². The lowest BCUT2D eigenvalue weighted by Crippen LogP contribution is -2.35. The second-order valence-corrected chi connectivity index (χ2v) is 8.49. The minimum absolute atomic E-state index is 0.155. The van der Waals surface area contributed by atoms with Gasteiger partial charge in [-0.25, -0.2) is 0 Å². The van der Waals surface area contributed by atoms with Crippen molar-refractivity contribution in [3.05, 3.63) is 28.2 Å². The fraction of sp³-hybridized carbons (Fsp3) is 0.625. The second-order valence-electron chi connectivity index (χ2n) is 6.30. The Morgan fingerprint density at radius 2 is 2.00 bits per heavy atom. The van der Waals surface area contributed by atoms with Crippen LogP contribution in [0.2, 0.25) is 0 Å². The molecular weight excluding hydrogens is 334 g/mol. The molecule has 0 amide bonds. The topological polar surface area (TPSA) is 21.3 Å². The first-order chi connectivity index (χ1) is 9.44. The van der Waals surface area contributed by atoms with E-state index >= 15 is 0 Å². The average molecular weight is 358 g/mol. The van der Waals surface area contributed by atoms with Crippen LogP contribution in [0.15, 0.2) is 27.6 Å². The van der Waals surface area contributed by atoms with Crippen molar-refractivity contribution in [1.82, 2.24) is 5.32 Å². The summed E-state index contributed by atoms with van der Waals surface area (Å²) >= 11 is 5.69. The molecule has 2 nitrogen and oxygen atoms in total. The predicted molar refractivity (Wildman–Crippen MR) is 90.4 cm³/mol. The van der Waals surface area contributed by atoms with Gasteiger partial charge in [-0.3, -0.25) is 0 Å². The Labute approximate surface area is 135 Å². The van der Waals surface area contributed by atoms with Crippen LogP contribution in [0.25, 0.3) is 0 Å². The minimum Gasteiger partial charge on any atom is -0.381 e. The Morgan fingerprint density at radius 1 is 1.30 bits per heavy atom. The van der Waals surface area contributed by atoms with E-state index in [0.717, 1.165) is 32.6 Å². The van der Waals surface area contributed by atoms with Crippen LogP contribution in [0.4, 0.5) is 0 Å². The lowest BCUT2D eigenvalue weighted by atomic mass is 10.1. The molecule has 0 radical (unpaired) electrons. The van der Waals surface area contributed by atoms with Gasteiger partial charge in [-0.15, -0.1) is 11.8 Å². The number of hydrogen-bond donors (Lipinski definition) is 1. The van der Waals surface area contributed by atoms with Gasteiger partial charge in [-0.2, -0.15) is 0 Å². The molecule has 0 bridgehead atoms. The minimum atomic E-state index is 0.155. The van der Waals surface area contributed by atoms with Gasteiger partial charge in [0.25, 0.3) is 0 Å². The zero-order valence-electron chi connectivity index (χ0n) is 12.5. The molecule has 1 saturated heterocycles. The van der Waals surface area contributed by atoms with Crippen LogP contribution in [0, 0.1) is 0 Å². The maximum Gasteiger partial charge on any atom is 0.0476 e. The molecule has 0 aliphatic carbocycles. The third-order valence-electron chi connectivity index (χ3n) is 3.28. The van der Waals surface area contributed by atoms with E-state index in [4.69, 9.17) is 4.74 Å². The molecule has 0 atom stereocenters. The second kappa shape index (κ2) is 7.30. The lowest BCUT2D eigenvalue weighted by Gasteiger charge is -2.23. The van der Waals surface area contributed by atoms with Crippen molar-refractivity contribution in [1.29, 1.82) is 0 Å². The van der Waals surface area contributed by atoms with Crippen LogP contribution in [0.3, 0.4) is 0 Å². The molecule has 1 aliphatic rings. The van der Waals surface area contributed by atoms with Gasteiger partial charge in [-0.05, 0) is 67.2 Å². The zero-order chi connectivity index (χ0) is 14.6. The highest BCUT2D eigenvalue weighted by Crippen LogP contribution is 2.35. The fourth-order valence-electron chi connectivity index (χ4n) is 2.09. The fourth-order valence-corrected chi connectivity index (χ4v) is 3.90. The maximum absolute atomic E-state index is 5.42. The third-order valence-corrected chi connectivity index (χ3v) is 5.61. The van der Waals surface area contributed by atoms with Crippen LogP contribution in [0.5, 0.6) is 0 Å². The van der Waals surface area contributed by atoms with E-state index in [1.54, 1.807) is 0 Å². The Kier molecular flexibility index (Phi) is 5.96. The number of hydrogen-bond acceptors (Lipinski definition) is 3. The van der Waals surface area contributed by atoms with Crippen LogP contribution in [-0.4, -0.2) is 24.0 Å². The monoisotopic (exact) mass is 357 g/mol. The summed E-state index contributed by atoms with van der Waals surface area (Å²) in [7, 11) is 0. The summed E-state index contributed by atoms with van der Waals surface area (Å²) in [5.41, 5.74) is 1.48. The summed E-state index contributed by atoms with van der Waals surface area (Å²) in [5, 5.41) is 4.22. The first kappa shape index (κ1) is 16.3. The summed E-state index contributed by atoms with van der Waals surface area (Å²) in [6.45, 7) is 9.29. The van der Waals surface area contributed by atoms with E-state index in [1.807, 2.05) is 11.8 Å². The average Bonchev–Trinajstić information content (AvgIpc) is 2.40. The molecule has 2 rings (SSSR count). The highest BCUT2D eigenvalue weighted by atomic mass is 79.9. The van der Waals surface area contributed by atoms with Crippen LogP contribution >= 0.6 is 27.7 Å². The van der Waals surface area contributed by atoms with Gasteiger partial charge in [0, 0.05) is 39.9 Å². The number of benzene rings is 1. The zero-order valence-corrected chi connectivity index (χ0v) is 14.9. The van der Waals surface area contributed by atoms with Crippen molar-refractivity contribution >= 4 is 27.7 Å². The van der Waals surface area contributed by atoms with E-state index in [0.29, 0.717) is 5.25 Å². The van der Waals surface area contributed by atoms with Gasteiger partial charge in [0.1, 0.15) is 0 Å². The van der Waals surface area contributed by atoms with Gasteiger partial charge in [0.2, 0.25) is 0 Å². The number of nitrogens with one attached hydrogen (secondary N) is 1. The number of halogens is 1. The van der Waals surface area contributed by atoms with Gasteiger partial charge in [0.15, 0.2) is 0 Å². The Morgan fingerprint density at radius 3 is 2.60 bits per heavy atom. The van der Waals surface area contributed by atoms with Crippen molar-refractivity contribution in [3.8, 4) is 0 Å². The summed E-state index contributed by atoms with van der Waals surface area (Å²) < 4.78 is 6.63. The van der Waals surface area contributed by atoms with E-state index in [2.05, 4.69) is 60.2 Å². The number of rotatable bonds is 4. The number of thioether (sulfide) groups is 1. The first-order valence-electron chi connectivity index (χ1n) is 7.22. The molecule has 20 heavy (non-hydrogen) atoms. The van der Waals surface area contributed by atoms with Gasteiger partial charge < -0.3 is 10.1 Å². The molecule has 1 N–H and O–H groups in total. The summed E-state index contributed by atoms with van der Waals surface area (Å²) in [5.74, 6) is 0. The van der Waals surface area contributed by atoms with Crippen molar-refractivity contribution < 1.29 is 4.74 Å².